The molecular formula is C12H23NO2. The minimum absolute atomic E-state index is 0.246. The molecule has 3 heteroatoms. The minimum atomic E-state index is -0.312. The Balaban J connectivity index is 2.63. The van der Waals surface area contributed by atoms with Gasteiger partial charge in [0, 0.05) is 6.04 Å². The molecule has 1 saturated carbocycles. The van der Waals surface area contributed by atoms with Gasteiger partial charge in [0.2, 0.25) is 0 Å². The van der Waals surface area contributed by atoms with Crippen LogP contribution in [0.25, 0.3) is 0 Å². The van der Waals surface area contributed by atoms with Crippen LogP contribution < -0.4 is 5.32 Å². The van der Waals surface area contributed by atoms with Gasteiger partial charge in [0.05, 0.1) is 7.11 Å². The van der Waals surface area contributed by atoms with E-state index in [0.29, 0.717) is 10.8 Å². The second kappa shape index (κ2) is 4.03. The van der Waals surface area contributed by atoms with E-state index in [4.69, 9.17) is 0 Å². The van der Waals surface area contributed by atoms with Gasteiger partial charge in [-0.2, -0.15) is 0 Å². The maximum atomic E-state index is 11.2. The van der Waals surface area contributed by atoms with Gasteiger partial charge in [-0.3, -0.25) is 0 Å². The van der Waals surface area contributed by atoms with E-state index < -0.39 is 0 Å². The first-order valence-corrected chi connectivity index (χ1v) is 5.59. The molecule has 3 nitrogen and oxygen atoms in total. The molecule has 1 amide bonds. The lowest BCUT2D eigenvalue weighted by molar-refractivity contribution is 0.0811. The van der Waals surface area contributed by atoms with Gasteiger partial charge in [-0.25, -0.2) is 4.79 Å². The fourth-order valence-electron chi connectivity index (χ4n) is 3.17. The van der Waals surface area contributed by atoms with Crippen LogP contribution in [0.15, 0.2) is 0 Å². The number of ether oxygens (including phenoxy) is 1. The lowest BCUT2D eigenvalue weighted by Crippen LogP contribution is -2.45. The predicted molar refractivity (Wildman–Crippen MR) is 60.7 cm³/mol. The van der Waals surface area contributed by atoms with Crippen LogP contribution >= 0.6 is 0 Å². The number of carbonyl (C=O) groups is 1. The van der Waals surface area contributed by atoms with Crippen LogP contribution in [-0.4, -0.2) is 19.2 Å². The van der Waals surface area contributed by atoms with Crippen molar-refractivity contribution in [3.05, 3.63) is 0 Å². The normalized spacial score (nSPS) is 24.6. The second-order valence-corrected chi connectivity index (χ2v) is 6.25. The second-order valence-electron chi connectivity index (χ2n) is 6.25. The highest BCUT2D eigenvalue weighted by atomic mass is 16.5. The first-order chi connectivity index (χ1) is 6.74. The zero-order chi connectivity index (χ0) is 11.7. The molecule has 0 unspecified atom stereocenters. The molecule has 1 aliphatic rings. The standard InChI is InChI=1S/C12H23NO2/c1-11(2)6-9(13-10(14)15-5)7-12(3,4)8-11/h9H,6-8H2,1-5H3,(H,13,14). The van der Waals surface area contributed by atoms with Crippen molar-refractivity contribution in [2.75, 3.05) is 7.11 Å². The molecule has 1 rings (SSSR count). The van der Waals surface area contributed by atoms with E-state index in [2.05, 4.69) is 37.7 Å². The summed E-state index contributed by atoms with van der Waals surface area (Å²) in [6.07, 6.45) is 2.96. The van der Waals surface area contributed by atoms with Gasteiger partial charge in [-0.1, -0.05) is 27.7 Å². The third kappa shape index (κ3) is 3.73. The summed E-state index contributed by atoms with van der Waals surface area (Å²) in [7, 11) is 1.41. The van der Waals surface area contributed by atoms with Gasteiger partial charge >= 0.3 is 6.09 Å². The van der Waals surface area contributed by atoms with Crippen LogP contribution in [0, 0.1) is 10.8 Å². The van der Waals surface area contributed by atoms with E-state index in [0.717, 1.165) is 12.8 Å². The number of methoxy groups -OCH3 is 1. The Labute approximate surface area is 92.6 Å². The summed E-state index contributed by atoms with van der Waals surface area (Å²) in [5.41, 5.74) is 0.598. The Hall–Kier alpha value is -0.730. The zero-order valence-corrected chi connectivity index (χ0v) is 10.5. The van der Waals surface area contributed by atoms with Gasteiger partial charge in [0.25, 0.3) is 0 Å². The van der Waals surface area contributed by atoms with Crippen molar-refractivity contribution in [2.45, 2.75) is 53.0 Å². The molecule has 0 atom stereocenters. The molecule has 1 N–H and O–H groups in total. The number of rotatable bonds is 1. The fraction of sp³-hybridized carbons (Fsp3) is 0.917. The highest BCUT2D eigenvalue weighted by Gasteiger charge is 2.38. The van der Waals surface area contributed by atoms with Crippen molar-refractivity contribution in [3.63, 3.8) is 0 Å². The van der Waals surface area contributed by atoms with Gasteiger partial charge < -0.3 is 10.1 Å². The molecule has 0 aromatic carbocycles. The molecule has 0 aromatic rings. The fourth-order valence-corrected chi connectivity index (χ4v) is 3.17. The highest BCUT2D eigenvalue weighted by molar-refractivity contribution is 5.67. The molecule has 0 spiro atoms. The smallest absolute Gasteiger partial charge is 0.407 e. The Morgan fingerprint density at radius 3 is 2.07 bits per heavy atom. The quantitative estimate of drug-likeness (QED) is 0.727. The Bertz CT molecular complexity index is 230. The number of hydrogen-bond acceptors (Lipinski definition) is 2. The van der Waals surface area contributed by atoms with Crippen molar-refractivity contribution in [1.29, 1.82) is 0 Å². The zero-order valence-electron chi connectivity index (χ0n) is 10.5. The van der Waals surface area contributed by atoms with Gasteiger partial charge in [-0.15, -0.1) is 0 Å². The summed E-state index contributed by atoms with van der Waals surface area (Å²) in [5.74, 6) is 0. The molecule has 15 heavy (non-hydrogen) atoms. The predicted octanol–water partition coefficient (Wildman–Crippen LogP) is 2.95. The number of hydrogen-bond donors (Lipinski definition) is 1. The molecule has 0 aromatic heterocycles. The van der Waals surface area contributed by atoms with E-state index in [-0.39, 0.29) is 12.1 Å². The highest BCUT2D eigenvalue weighted by Crippen LogP contribution is 2.45. The van der Waals surface area contributed by atoms with Crippen molar-refractivity contribution < 1.29 is 9.53 Å². The summed E-state index contributed by atoms with van der Waals surface area (Å²) >= 11 is 0. The largest absolute Gasteiger partial charge is 0.453 e. The average molecular weight is 213 g/mol. The van der Waals surface area contributed by atoms with Crippen molar-refractivity contribution in [2.24, 2.45) is 10.8 Å². The summed E-state index contributed by atoms with van der Waals surface area (Å²) < 4.78 is 4.64. The lowest BCUT2D eigenvalue weighted by atomic mass is 9.63. The third-order valence-electron chi connectivity index (χ3n) is 3.06. The van der Waals surface area contributed by atoms with E-state index in [1.807, 2.05) is 0 Å². The topological polar surface area (TPSA) is 38.3 Å². The van der Waals surface area contributed by atoms with Crippen molar-refractivity contribution in [1.82, 2.24) is 5.32 Å². The molecule has 0 saturated heterocycles. The summed E-state index contributed by atoms with van der Waals surface area (Å²) in [4.78, 5) is 11.2. The van der Waals surface area contributed by atoms with Crippen LogP contribution in [0.1, 0.15) is 47.0 Å². The lowest BCUT2D eigenvalue weighted by Gasteiger charge is -2.44. The molecule has 88 valence electrons. The molecule has 0 aliphatic heterocycles. The summed E-state index contributed by atoms with van der Waals surface area (Å²) in [6, 6.07) is 0.246. The molecular weight excluding hydrogens is 190 g/mol. The number of nitrogens with one attached hydrogen (secondary N) is 1. The Morgan fingerprint density at radius 2 is 1.67 bits per heavy atom. The monoisotopic (exact) mass is 213 g/mol. The Morgan fingerprint density at radius 1 is 1.20 bits per heavy atom. The van der Waals surface area contributed by atoms with Crippen LogP contribution in [0.4, 0.5) is 4.79 Å². The number of alkyl carbamates (subject to hydrolysis) is 1. The van der Waals surface area contributed by atoms with E-state index in [1.54, 1.807) is 0 Å². The first kappa shape index (κ1) is 12.3. The Kier molecular flexibility index (Phi) is 3.31. The van der Waals surface area contributed by atoms with Crippen LogP contribution in [0.3, 0.4) is 0 Å². The van der Waals surface area contributed by atoms with Crippen LogP contribution in [0.2, 0.25) is 0 Å². The number of carbonyl (C=O) groups excluding carboxylic acids is 1. The first-order valence-electron chi connectivity index (χ1n) is 5.59. The van der Waals surface area contributed by atoms with E-state index >= 15 is 0 Å². The molecule has 1 aliphatic carbocycles. The van der Waals surface area contributed by atoms with Gasteiger partial charge in [0.15, 0.2) is 0 Å². The number of amides is 1. The summed E-state index contributed by atoms with van der Waals surface area (Å²) in [5, 5.41) is 2.92. The maximum absolute atomic E-state index is 11.2. The molecule has 0 heterocycles. The van der Waals surface area contributed by atoms with Crippen molar-refractivity contribution in [3.8, 4) is 0 Å². The SMILES string of the molecule is COC(=O)NC1CC(C)(C)CC(C)(C)C1. The maximum Gasteiger partial charge on any atom is 0.407 e. The average Bonchev–Trinajstić information content (AvgIpc) is 1.97. The molecule has 0 radical (unpaired) electrons. The molecule has 1 fully saturated rings. The minimum Gasteiger partial charge on any atom is -0.453 e. The van der Waals surface area contributed by atoms with E-state index in [1.165, 1.54) is 13.5 Å². The van der Waals surface area contributed by atoms with Crippen LogP contribution in [-0.2, 0) is 4.74 Å². The summed E-state index contributed by atoms with van der Waals surface area (Å²) in [6.45, 7) is 9.06. The molecule has 0 bridgehead atoms. The van der Waals surface area contributed by atoms with Gasteiger partial charge in [-0.05, 0) is 30.1 Å². The van der Waals surface area contributed by atoms with Gasteiger partial charge in [0.1, 0.15) is 0 Å². The third-order valence-corrected chi connectivity index (χ3v) is 3.06. The van der Waals surface area contributed by atoms with Crippen molar-refractivity contribution >= 4 is 6.09 Å². The van der Waals surface area contributed by atoms with E-state index in [9.17, 15) is 4.79 Å². The van der Waals surface area contributed by atoms with Crippen LogP contribution in [0.5, 0.6) is 0 Å².